The van der Waals surface area contributed by atoms with Crippen molar-refractivity contribution in [1.82, 2.24) is 35.5 Å². The molecule has 26 heavy (non-hydrogen) atoms. The maximum atomic E-state index is 12.7. The van der Waals surface area contributed by atoms with Crippen LogP contribution in [0.4, 0.5) is 0 Å². The second-order valence-corrected chi connectivity index (χ2v) is 8.13. The van der Waals surface area contributed by atoms with E-state index in [1.807, 2.05) is 0 Å². The van der Waals surface area contributed by atoms with Crippen molar-refractivity contribution in [3.63, 3.8) is 0 Å². The lowest BCUT2D eigenvalue weighted by atomic mass is 9.50. The van der Waals surface area contributed by atoms with Gasteiger partial charge in [0.05, 0.1) is 5.54 Å². The molecule has 2 unspecified atom stereocenters. The van der Waals surface area contributed by atoms with Crippen molar-refractivity contribution < 1.29 is 4.79 Å². The topological polar surface area (TPSA) is 138 Å². The van der Waals surface area contributed by atoms with Gasteiger partial charge in [-0.2, -0.15) is 4.80 Å². The Balaban J connectivity index is 1.48. The summed E-state index contributed by atoms with van der Waals surface area (Å²) in [5, 5.41) is 15.4. The Bertz CT molecular complexity index is 962. The Morgan fingerprint density at radius 2 is 2.00 bits per heavy atom. The predicted octanol–water partition coefficient (Wildman–Crippen LogP) is -0.472. The molecule has 0 aromatic carbocycles. The highest BCUT2D eigenvalue weighted by Gasteiger charge is 2.60. The molecule has 3 N–H and O–H groups in total. The lowest BCUT2D eigenvalue weighted by Gasteiger charge is -2.61. The molecule has 0 radical (unpaired) electrons. The monoisotopic (exact) mass is 357 g/mol. The third kappa shape index (κ3) is 2.24. The summed E-state index contributed by atoms with van der Waals surface area (Å²) < 4.78 is 0. The molecule has 136 valence electrons. The molecule has 2 atom stereocenters. The number of hydrogen-bond donors (Lipinski definition) is 3. The molecule has 4 bridgehead atoms. The fourth-order valence-corrected chi connectivity index (χ4v) is 5.87. The highest BCUT2D eigenvalue weighted by atomic mass is 16.2. The summed E-state index contributed by atoms with van der Waals surface area (Å²) in [5.41, 5.74) is -1.97. The van der Waals surface area contributed by atoms with E-state index in [-0.39, 0.29) is 16.6 Å². The number of tetrazole rings is 1. The van der Waals surface area contributed by atoms with E-state index in [9.17, 15) is 14.4 Å². The van der Waals surface area contributed by atoms with E-state index in [1.165, 1.54) is 12.5 Å². The van der Waals surface area contributed by atoms with Crippen LogP contribution in [-0.2, 0) is 5.54 Å². The third-order valence-corrected chi connectivity index (χ3v) is 6.25. The summed E-state index contributed by atoms with van der Waals surface area (Å²) in [6.45, 7) is 0. The SMILES string of the molecule is O=C(NC12CC3CC(C1)CC(n1ncnn1)(C3)C2)c1c[nH]c(=O)[nH]c1=O. The number of aromatic nitrogens is 6. The van der Waals surface area contributed by atoms with Gasteiger partial charge in [-0.1, -0.05) is 0 Å². The highest BCUT2D eigenvalue weighted by Crippen LogP contribution is 2.60. The highest BCUT2D eigenvalue weighted by molar-refractivity contribution is 5.94. The molecule has 2 heterocycles. The van der Waals surface area contributed by atoms with Crippen LogP contribution in [0, 0.1) is 11.8 Å². The van der Waals surface area contributed by atoms with Crippen molar-refractivity contribution in [3.8, 4) is 0 Å². The number of carbonyl (C=O) groups is 1. The summed E-state index contributed by atoms with van der Waals surface area (Å²) in [6.07, 6.45) is 8.30. The van der Waals surface area contributed by atoms with Crippen LogP contribution in [0.2, 0.25) is 0 Å². The third-order valence-electron chi connectivity index (χ3n) is 6.25. The Kier molecular flexibility index (Phi) is 3.05. The maximum Gasteiger partial charge on any atom is 0.325 e. The van der Waals surface area contributed by atoms with Gasteiger partial charge in [-0.05, 0) is 55.6 Å². The molecule has 0 spiro atoms. The smallest absolute Gasteiger partial charge is 0.325 e. The summed E-state index contributed by atoms with van der Waals surface area (Å²) in [4.78, 5) is 42.1. The van der Waals surface area contributed by atoms with Gasteiger partial charge in [-0.25, -0.2) is 4.79 Å². The zero-order chi connectivity index (χ0) is 17.9. The van der Waals surface area contributed by atoms with Crippen molar-refractivity contribution >= 4 is 5.91 Å². The first-order valence-corrected chi connectivity index (χ1v) is 8.85. The second kappa shape index (κ2) is 5.12. The van der Waals surface area contributed by atoms with E-state index >= 15 is 0 Å². The van der Waals surface area contributed by atoms with Crippen molar-refractivity contribution in [2.24, 2.45) is 11.8 Å². The van der Waals surface area contributed by atoms with Gasteiger partial charge in [0.25, 0.3) is 11.5 Å². The fourth-order valence-electron chi connectivity index (χ4n) is 5.87. The zero-order valence-corrected chi connectivity index (χ0v) is 14.1. The van der Waals surface area contributed by atoms with Crippen molar-refractivity contribution in [3.05, 3.63) is 38.9 Å². The van der Waals surface area contributed by atoms with Crippen LogP contribution in [0.25, 0.3) is 0 Å². The average molecular weight is 357 g/mol. The van der Waals surface area contributed by atoms with E-state index in [0.29, 0.717) is 11.8 Å². The Morgan fingerprint density at radius 1 is 1.23 bits per heavy atom. The normalized spacial score (nSPS) is 34.8. The molecule has 4 saturated carbocycles. The first-order valence-electron chi connectivity index (χ1n) is 8.85. The van der Waals surface area contributed by atoms with E-state index in [0.717, 1.165) is 38.5 Å². The number of H-pyrrole nitrogens is 2. The Morgan fingerprint density at radius 3 is 2.65 bits per heavy atom. The molecule has 2 aromatic rings. The lowest BCUT2D eigenvalue weighted by molar-refractivity contribution is -0.0810. The molecule has 10 heteroatoms. The van der Waals surface area contributed by atoms with Crippen molar-refractivity contribution in [2.45, 2.75) is 49.6 Å². The molecule has 0 saturated heterocycles. The van der Waals surface area contributed by atoms with Gasteiger partial charge in [0.1, 0.15) is 5.56 Å². The summed E-state index contributed by atoms with van der Waals surface area (Å²) >= 11 is 0. The number of aromatic amines is 2. The number of nitrogens with one attached hydrogen (secondary N) is 3. The van der Waals surface area contributed by atoms with E-state index in [1.54, 1.807) is 4.80 Å². The molecule has 4 aliphatic rings. The fraction of sp³-hybridized carbons (Fsp3) is 0.625. The maximum absolute atomic E-state index is 12.7. The first kappa shape index (κ1) is 15.5. The van der Waals surface area contributed by atoms with E-state index in [2.05, 4.69) is 30.7 Å². The molecule has 6 rings (SSSR count). The van der Waals surface area contributed by atoms with Crippen LogP contribution >= 0.6 is 0 Å². The second-order valence-electron chi connectivity index (χ2n) is 8.13. The van der Waals surface area contributed by atoms with Gasteiger partial charge >= 0.3 is 5.69 Å². The summed E-state index contributed by atoms with van der Waals surface area (Å²) in [5.74, 6) is 0.541. The van der Waals surface area contributed by atoms with Gasteiger partial charge in [-0.3, -0.25) is 14.6 Å². The summed E-state index contributed by atoms with van der Waals surface area (Å²) in [7, 11) is 0. The van der Waals surface area contributed by atoms with Gasteiger partial charge in [0.15, 0.2) is 6.33 Å². The van der Waals surface area contributed by atoms with Crippen LogP contribution in [0.5, 0.6) is 0 Å². The van der Waals surface area contributed by atoms with Gasteiger partial charge in [-0.15, -0.1) is 10.2 Å². The molecular weight excluding hydrogens is 338 g/mol. The van der Waals surface area contributed by atoms with Crippen molar-refractivity contribution in [2.75, 3.05) is 0 Å². The van der Waals surface area contributed by atoms with Crippen LogP contribution in [0.1, 0.15) is 48.9 Å². The lowest BCUT2D eigenvalue weighted by Crippen LogP contribution is -2.66. The van der Waals surface area contributed by atoms with Crippen LogP contribution in [0.3, 0.4) is 0 Å². The molecule has 0 aliphatic heterocycles. The first-order chi connectivity index (χ1) is 12.5. The minimum atomic E-state index is -0.677. The Labute approximate surface area is 147 Å². The summed E-state index contributed by atoms with van der Waals surface area (Å²) in [6, 6.07) is 0. The van der Waals surface area contributed by atoms with E-state index < -0.39 is 17.2 Å². The van der Waals surface area contributed by atoms with E-state index in [4.69, 9.17) is 0 Å². The largest absolute Gasteiger partial charge is 0.346 e. The number of carbonyl (C=O) groups excluding carboxylic acids is 1. The number of hydrogen-bond acceptors (Lipinski definition) is 6. The zero-order valence-electron chi connectivity index (χ0n) is 14.1. The molecular formula is C16H19N7O3. The number of nitrogens with zero attached hydrogens (tertiary/aromatic N) is 4. The number of amides is 1. The molecule has 4 fully saturated rings. The van der Waals surface area contributed by atoms with Crippen LogP contribution in [-0.4, -0.2) is 41.6 Å². The van der Waals surface area contributed by atoms with Crippen molar-refractivity contribution in [1.29, 1.82) is 0 Å². The number of rotatable bonds is 3. The minimum Gasteiger partial charge on any atom is -0.346 e. The average Bonchev–Trinajstić information content (AvgIpc) is 3.08. The predicted molar refractivity (Wildman–Crippen MR) is 88.4 cm³/mol. The van der Waals surface area contributed by atoms with Crippen LogP contribution < -0.4 is 16.6 Å². The van der Waals surface area contributed by atoms with Gasteiger partial charge in [0.2, 0.25) is 0 Å². The van der Waals surface area contributed by atoms with Gasteiger partial charge in [0, 0.05) is 11.7 Å². The minimum absolute atomic E-state index is 0.0757. The Hall–Kier alpha value is -2.78. The van der Waals surface area contributed by atoms with Crippen LogP contribution in [0.15, 0.2) is 22.1 Å². The molecule has 4 aliphatic carbocycles. The standard InChI is InChI=1S/C16H19N7O3/c24-12-11(6-17-14(26)20-12)13(25)21-15-2-9-1-10(3-15)5-16(4-9,7-15)23-19-8-18-22-23/h6,8-10H,1-5,7H2,(H,21,25)(H2,17,20,24,26). The quantitative estimate of drug-likeness (QED) is 0.679. The molecule has 1 amide bonds. The molecule has 2 aromatic heterocycles. The van der Waals surface area contributed by atoms with Gasteiger partial charge < -0.3 is 10.3 Å². The molecule has 10 nitrogen and oxygen atoms in total.